The highest BCUT2D eigenvalue weighted by atomic mass is 32.2. The molecule has 0 spiro atoms. The zero-order chi connectivity index (χ0) is 21.9. The van der Waals surface area contributed by atoms with Gasteiger partial charge in [-0.2, -0.15) is 0 Å². The van der Waals surface area contributed by atoms with Crippen LogP contribution >= 0.6 is 11.8 Å². The zero-order valence-electron chi connectivity index (χ0n) is 18.6. The predicted molar refractivity (Wildman–Crippen MR) is 126 cm³/mol. The number of nitrogens with zero attached hydrogens (tertiary/aromatic N) is 1. The number of nitrogens with one attached hydrogen (secondary N) is 1. The zero-order valence-corrected chi connectivity index (χ0v) is 19.4. The Labute approximate surface area is 185 Å². The average molecular weight is 427 g/mol. The van der Waals surface area contributed by atoms with Gasteiger partial charge >= 0.3 is 0 Å². The van der Waals surface area contributed by atoms with Crippen LogP contribution in [0.2, 0.25) is 0 Å². The van der Waals surface area contributed by atoms with Crippen LogP contribution in [0.3, 0.4) is 0 Å². The van der Waals surface area contributed by atoms with Crippen molar-refractivity contribution in [3.05, 3.63) is 71.3 Å². The van der Waals surface area contributed by atoms with Crippen LogP contribution in [0, 0.1) is 12.8 Å². The minimum absolute atomic E-state index is 0.00531. The Hall–Kier alpha value is -2.27. The lowest BCUT2D eigenvalue weighted by Crippen LogP contribution is -2.50. The first-order valence-corrected chi connectivity index (χ1v) is 11.8. The van der Waals surface area contributed by atoms with Gasteiger partial charge in [-0.1, -0.05) is 75.4 Å². The Morgan fingerprint density at radius 3 is 2.33 bits per heavy atom. The van der Waals surface area contributed by atoms with Gasteiger partial charge in [0.15, 0.2) is 0 Å². The summed E-state index contributed by atoms with van der Waals surface area (Å²) >= 11 is 1.59. The van der Waals surface area contributed by atoms with Crippen molar-refractivity contribution >= 4 is 23.6 Å². The molecule has 0 aliphatic rings. The third-order valence-corrected chi connectivity index (χ3v) is 6.00. The molecule has 0 bridgehead atoms. The molecule has 2 aromatic rings. The highest BCUT2D eigenvalue weighted by molar-refractivity contribution is 7.99. The minimum Gasteiger partial charge on any atom is -0.354 e. The highest BCUT2D eigenvalue weighted by Crippen LogP contribution is 2.18. The van der Waals surface area contributed by atoms with Gasteiger partial charge in [-0.15, -0.1) is 11.8 Å². The van der Waals surface area contributed by atoms with E-state index in [0.29, 0.717) is 31.2 Å². The summed E-state index contributed by atoms with van der Waals surface area (Å²) in [6.07, 6.45) is 0.588. The fraction of sp³-hybridized carbons (Fsp3) is 0.440. The molecule has 0 fully saturated rings. The smallest absolute Gasteiger partial charge is 0.242 e. The molecule has 0 aliphatic carbocycles. The quantitative estimate of drug-likeness (QED) is 0.561. The van der Waals surface area contributed by atoms with E-state index in [9.17, 15) is 9.59 Å². The van der Waals surface area contributed by atoms with E-state index in [0.717, 1.165) is 16.9 Å². The largest absolute Gasteiger partial charge is 0.354 e. The molecule has 0 aliphatic heterocycles. The van der Waals surface area contributed by atoms with Gasteiger partial charge in [0, 0.05) is 18.8 Å². The van der Waals surface area contributed by atoms with E-state index in [1.54, 1.807) is 16.7 Å². The van der Waals surface area contributed by atoms with Gasteiger partial charge in [-0.3, -0.25) is 9.59 Å². The van der Waals surface area contributed by atoms with Gasteiger partial charge in [0.05, 0.1) is 5.75 Å². The predicted octanol–water partition coefficient (Wildman–Crippen LogP) is 4.81. The third kappa shape index (κ3) is 7.52. The summed E-state index contributed by atoms with van der Waals surface area (Å²) < 4.78 is 0. The summed E-state index contributed by atoms with van der Waals surface area (Å²) in [4.78, 5) is 27.9. The van der Waals surface area contributed by atoms with Crippen molar-refractivity contribution < 1.29 is 9.59 Å². The molecule has 0 heterocycles. The summed E-state index contributed by atoms with van der Waals surface area (Å²) in [7, 11) is 0. The van der Waals surface area contributed by atoms with Crippen molar-refractivity contribution in [3.8, 4) is 0 Å². The van der Waals surface area contributed by atoms with Crippen LogP contribution in [-0.4, -0.2) is 35.1 Å². The Morgan fingerprint density at radius 2 is 1.70 bits per heavy atom. The molecule has 0 radical (unpaired) electrons. The average Bonchev–Trinajstić information content (AvgIpc) is 2.74. The number of carbonyl (C=O) groups excluding carboxylic acids is 2. The maximum atomic E-state index is 13.2. The Kier molecular flexibility index (Phi) is 9.95. The van der Waals surface area contributed by atoms with Crippen molar-refractivity contribution in [2.24, 2.45) is 5.92 Å². The van der Waals surface area contributed by atoms with Gasteiger partial charge in [-0.05, 0) is 36.0 Å². The SMILES string of the molecule is CCC(C(=O)NCC(C)C)N(Cc1ccccc1C)C(=O)CSCc1ccccc1. The molecule has 0 saturated carbocycles. The molecule has 2 amide bonds. The molecule has 4 nitrogen and oxygen atoms in total. The normalized spacial score (nSPS) is 11.9. The minimum atomic E-state index is -0.465. The van der Waals surface area contributed by atoms with Gasteiger partial charge < -0.3 is 10.2 Å². The van der Waals surface area contributed by atoms with Crippen LogP contribution in [0.1, 0.15) is 43.9 Å². The lowest BCUT2D eigenvalue weighted by Gasteiger charge is -2.31. The summed E-state index contributed by atoms with van der Waals surface area (Å²) in [5.41, 5.74) is 3.40. The lowest BCUT2D eigenvalue weighted by atomic mass is 10.1. The third-order valence-electron chi connectivity index (χ3n) is 5.01. The summed E-state index contributed by atoms with van der Waals surface area (Å²) in [6, 6.07) is 17.7. The van der Waals surface area contributed by atoms with Crippen LogP contribution < -0.4 is 5.32 Å². The molecule has 2 aromatic carbocycles. The van der Waals surface area contributed by atoms with Crippen molar-refractivity contribution in [3.63, 3.8) is 0 Å². The molecule has 1 N–H and O–H groups in total. The Balaban J connectivity index is 2.13. The van der Waals surface area contributed by atoms with Crippen LogP contribution in [0.15, 0.2) is 54.6 Å². The number of thioether (sulfide) groups is 1. The van der Waals surface area contributed by atoms with Crippen molar-refractivity contribution in [1.29, 1.82) is 0 Å². The van der Waals surface area contributed by atoms with E-state index in [1.807, 2.05) is 56.3 Å². The van der Waals surface area contributed by atoms with Crippen LogP contribution in [0.25, 0.3) is 0 Å². The number of rotatable bonds is 11. The molecule has 30 heavy (non-hydrogen) atoms. The van der Waals surface area contributed by atoms with Gasteiger partial charge in [0.1, 0.15) is 6.04 Å². The number of aryl methyl sites for hydroxylation is 1. The fourth-order valence-electron chi connectivity index (χ4n) is 3.23. The summed E-state index contributed by atoms with van der Waals surface area (Å²) in [5, 5.41) is 3.01. The van der Waals surface area contributed by atoms with E-state index < -0.39 is 6.04 Å². The van der Waals surface area contributed by atoms with Gasteiger partial charge in [0.2, 0.25) is 11.8 Å². The maximum Gasteiger partial charge on any atom is 0.242 e. The topological polar surface area (TPSA) is 49.4 Å². The molecule has 162 valence electrons. The first-order valence-electron chi connectivity index (χ1n) is 10.7. The molecule has 0 saturated heterocycles. The van der Waals surface area contributed by atoms with E-state index in [1.165, 1.54) is 5.56 Å². The first-order chi connectivity index (χ1) is 14.4. The number of benzene rings is 2. The molecule has 2 rings (SSSR count). The second kappa shape index (κ2) is 12.4. The van der Waals surface area contributed by atoms with Crippen molar-refractivity contribution in [2.45, 2.75) is 52.5 Å². The lowest BCUT2D eigenvalue weighted by molar-refractivity contribution is -0.139. The second-order valence-corrected chi connectivity index (χ2v) is 8.98. The molecule has 5 heteroatoms. The Morgan fingerprint density at radius 1 is 1.03 bits per heavy atom. The molecule has 0 aromatic heterocycles. The second-order valence-electron chi connectivity index (χ2n) is 7.99. The van der Waals surface area contributed by atoms with Gasteiger partial charge in [0.25, 0.3) is 0 Å². The number of amides is 2. The number of hydrogen-bond acceptors (Lipinski definition) is 3. The first kappa shape index (κ1) is 24.0. The standard InChI is InChI=1S/C25H34N2O2S/c1-5-23(25(29)26-15-19(2)3)27(16-22-14-10-9-11-20(22)4)24(28)18-30-17-21-12-7-6-8-13-21/h6-14,19,23H,5,15-18H2,1-4H3,(H,26,29). The number of hydrogen-bond donors (Lipinski definition) is 1. The van der Waals surface area contributed by atoms with Crippen molar-refractivity contribution in [1.82, 2.24) is 10.2 Å². The monoisotopic (exact) mass is 426 g/mol. The van der Waals surface area contributed by atoms with Crippen LogP contribution in [0.4, 0.5) is 0 Å². The van der Waals surface area contributed by atoms with Crippen LogP contribution in [0.5, 0.6) is 0 Å². The molecular weight excluding hydrogens is 392 g/mol. The van der Waals surface area contributed by atoms with E-state index >= 15 is 0 Å². The van der Waals surface area contributed by atoms with Gasteiger partial charge in [-0.25, -0.2) is 0 Å². The van der Waals surface area contributed by atoms with E-state index in [4.69, 9.17) is 0 Å². The Bertz CT molecular complexity index is 808. The van der Waals surface area contributed by atoms with Crippen molar-refractivity contribution in [2.75, 3.05) is 12.3 Å². The van der Waals surface area contributed by atoms with E-state index in [2.05, 4.69) is 31.3 Å². The molecular formula is C25H34N2O2S. The van der Waals surface area contributed by atoms with Crippen LogP contribution in [-0.2, 0) is 21.9 Å². The molecule has 1 unspecified atom stereocenters. The highest BCUT2D eigenvalue weighted by Gasteiger charge is 2.28. The molecule has 1 atom stereocenters. The maximum absolute atomic E-state index is 13.2. The van der Waals surface area contributed by atoms with E-state index in [-0.39, 0.29) is 11.8 Å². The number of carbonyl (C=O) groups is 2. The fourth-order valence-corrected chi connectivity index (χ4v) is 4.10. The summed E-state index contributed by atoms with van der Waals surface area (Å²) in [6.45, 7) is 9.21. The summed E-state index contributed by atoms with van der Waals surface area (Å²) in [5.74, 6) is 1.44.